The number of nitrogens with zero attached hydrogens (tertiary/aromatic N) is 1. The van der Waals surface area contributed by atoms with Gasteiger partial charge in [0.05, 0.1) is 11.8 Å². The fraction of sp³-hybridized carbons (Fsp3) is 0.444. The van der Waals surface area contributed by atoms with Gasteiger partial charge in [0.15, 0.2) is 0 Å². The molecule has 0 aliphatic carbocycles. The van der Waals surface area contributed by atoms with Crippen molar-refractivity contribution in [1.29, 1.82) is 0 Å². The van der Waals surface area contributed by atoms with Crippen LogP contribution in [-0.2, 0) is 19.7 Å². The molecular formula is C27H32N2O7. The molecule has 3 N–H and O–H groups in total. The summed E-state index contributed by atoms with van der Waals surface area (Å²) in [7, 11) is 1.67. The van der Waals surface area contributed by atoms with Crippen LogP contribution >= 0.6 is 0 Å². The fourth-order valence-corrected chi connectivity index (χ4v) is 5.39. The summed E-state index contributed by atoms with van der Waals surface area (Å²) in [6, 6.07) is 15.6. The lowest BCUT2D eigenvalue weighted by molar-refractivity contribution is -0.144. The van der Waals surface area contributed by atoms with Crippen molar-refractivity contribution in [1.82, 2.24) is 10.2 Å². The third-order valence-electron chi connectivity index (χ3n) is 7.23. The number of carboxylic acids is 1. The average Bonchev–Trinajstić information content (AvgIpc) is 2.89. The van der Waals surface area contributed by atoms with Gasteiger partial charge in [-0.1, -0.05) is 36.4 Å². The molecule has 1 fully saturated rings. The van der Waals surface area contributed by atoms with E-state index in [4.69, 9.17) is 9.47 Å². The van der Waals surface area contributed by atoms with Crippen LogP contribution in [0.4, 0.5) is 4.79 Å². The van der Waals surface area contributed by atoms with Crippen LogP contribution in [0, 0.1) is 11.8 Å². The van der Waals surface area contributed by atoms with Crippen molar-refractivity contribution in [2.24, 2.45) is 11.8 Å². The second kappa shape index (κ2) is 11.0. The van der Waals surface area contributed by atoms with Gasteiger partial charge < -0.3 is 29.9 Å². The fourth-order valence-electron chi connectivity index (χ4n) is 5.39. The molecule has 9 nitrogen and oxygen atoms in total. The molecule has 0 radical (unpaired) electrons. The van der Waals surface area contributed by atoms with Gasteiger partial charge in [-0.15, -0.1) is 0 Å². The van der Waals surface area contributed by atoms with Gasteiger partial charge in [-0.2, -0.15) is 0 Å². The summed E-state index contributed by atoms with van der Waals surface area (Å²) in [4.78, 5) is 37.6. The van der Waals surface area contributed by atoms with Gasteiger partial charge >= 0.3 is 12.1 Å². The number of benzene rings is 2. The molecular weight excluding hydrogens is 464 g/mol. The van der Waals surface area contributed by atoms with Crippen molar-refractivity contribution in [3.8, 4) is 11.5 Å². The lowest BCUT2D eigenvalue weighted by Crippen LogP contribution is -2.52. The molecule has 2 heterocycles. The molecule has 1 saturated heterocycles. The number of fused-ring (bicyclic) bond motifs is 2. The number of rotatable bonds is 9. The van der Waals surface area contributed by atoms with Crippen LogP contribution in [0.25, 0.3) is 0 Å². The van der Waals surface area contributed by atoms with E-state index in [0.29, 0.717) is 6.61 Å². The number of amides is 2. The van der Waals surface area contributed by atoms with Crippen molar-refractivity contribution in [3.63, 3.8) is 0 Å². The zero-order chi connectivity index (χ0) is 25.7. The first kappa shape index (κ1) is 25.5. The molecule has 0 aromatic heterocycles. The monoisotopic (exact) mass is 496 g/mol. The van der Waals surface area contributed by atoms with Crippen LogP contribution < -0.4 is 10.1 Å². The average molecular weight is 497 g/mol. The minimum absolute atomic E-state index is 0.0257. The number of unbranched alkanes of at least 4 members (excludes halogenated alkanes) is 1. The SMILES string of the molecule is COCCCCC1(CNC(=O)[C@H]2C[C@@H](C(=O)O)CN(C(=O)O)C2)c2ccccc2Oc2ccccc21. The lowest BCUT2D eigenvalue weighted by Gasteiger charge is -2.41. The molecule has 4 rings (SSSR count). The molecule has 2 aromatic rings. The summed E-state index contributed by atoms with van der Waals surface area (Å²) < 4.78 is 11.4. The van der Waals surface area contributed by atoms with E-state index in [0.717, 1.165) is 46.8 Å². The summed E-state index contributed by atoms with van der Waals surface area (Å²) in [5.41, 5.74) is 1.38. The molecule has 192 valence electrons. The smallest absolute Gasteiger partial charge is 0.407 e. The number of nitrogens with one attached hydrogen (secondary N) is 1. The van der Waals surface area contributed by atoms with Crippen LogP contribution in [0.3, 0.4) is 0 Å². The van der Waals surface area contributed by atoms with Crippen LogP contribution in [0.15, 0.2) is 48.5 Å². The Hall–Kier alpha value is -3.59. The van der Waals surface area contributed by atoms with Crippen molar-refractivity contribution >= 4 is 18.0 Å². The van der Waals surface area contributed by atoms with E-state index in [1.54, 1.807) is 7.11 Å². The van der Waals surface area contributed by atoms with Crippen LogP contribution in [0.2, 0.25) is 0 Å². The Labute approximate surface area is 210 Å². The van der Waals surface area contributed by atoms with Gasteiger partial charge in [0.2, 0.25) is 5.91 Å². The number of likely N-dealkylation sites (tertiary alicyclic amines) is 1. The number of carbonyl (C=O) groups is 3. The van der Waals surface area contributed by atoms with E-state index >= 15 is 0 Å². The number of aliphatic carboxylic acids is 1. The Morgan fingerprint density at radius 2 is 1.61 bits per heavy atom. The standard InChI is InChI=1S/C27H32N2O7/c1-35-13-7-6-12-27(20-8-2-4-10-22(20)36-23-11-5-3-9-21(23)27)17-28-24(30)18-14-19(25(31)32)16-29(15-18)26(33)34/h2-5,8-11,18-19H,6-7,12-17H2,1H3,(H,28,30)(H,31,32)(H,33,34)/t18-,19+/m0/s1. The summed E-state index contributed by atoms with van der Waals surface area (Å²) in [5, 5.41) is 22.0. The second-order valence-electron chi connectivity index (χ2n) is 9.50. The summed E-state index contributed by atoms with van der Waals surface area (Å²) in [6.07, 6.45) is 1.32. The van der Waals surface area contributed by atoms with Crippen LogP contribution in [-0.4, -0.2) is 66.4 Å². The number of hydrogen-bond donors (Lipinski definition) is 3. The maximum atomic E-state index is 13.3. The molecule has 9 heteroatoms. The molecule has 2 amide bonds. The van der Waals surface area contributed by atoms with Gasteiger partial charge in [-0.05, 0) is 37.8 Å². The number of methoxy groups -OCH3 is 1. The first-order chi connectivity index (χ1) is 17.4. The predicted octanol–water partition coefficient (Wildman–Crippen LogP) is 3.71. The third-order valence-corrected chi connectivity index (χ3v) is 7.23. The Balaban J connectivity index is 1.63. The number of hydrogen-bond acceptors (Lipinski definition) is 5. The van der Waals surface area contributed by atoms with E-state index in [-0.39, 0.29) is 32.0 Å². The summed E-state index contributed by atoms with van der Waals surface area (Å²) >= 11 is 0. The van der Waals surface area contributed by atoms with Gasteiger partial charge in [0.25, 0.3) is 0 Å². The van der Waals surface area contributed by atoms with Crippen molar-refractivity contribution in [2.75, 3.05) is 33.4 Å². The van der Waals surface area contributed by atoms with E-state index in [1.165, 1.54) is 0 Å². The molecule has 2 aromatic carbocycles. The number of carbonyl (C=O) groups excluding carboxylic acids is 1. The van der Waals surface area contributed by atoms with Gasteiger partial charge in [0.1, 0.15) is 11.5 Å². The van der Waals surface area contributed by atoms with Gasteiger partial charge in [-0.25, -0.2) is 4.79 Å². The molecule has 2 atom stereocenters. The minimum Gasteiger partial charge on any atom is -0.481 e. The molecule has 2 aliphatic rings. The first-order valence-electron chi connectivity index (χ1n) is 12.2. The largest absolute Gasteiger partial charge is 0.481 e. The highest BCUT2D eigenvalue weighted by Gasteiger charge is 2.43. The Bertz CT molecular complexity index is 1050. The number of para-hydroxylation sites is 2. The van der Waals surface area contributed by atoms with Crippen LogP contribution in [0.1, 0.15) is 36.8 Å². The van der Waals surface area contributed by atoms with Crippen molar-refractivity contribution in [3.05, 3.63) is 59.7 Å². The van der Waals surface area contributed by atoms with E-state index in [2.05, 4.69) is 5.32 Å². The maximum absolute atomic E-state index is 13.3. The molecule has 36 heavy (non-hydrogen) atoms. The zero-order valence-electron chi connectivity index (χ0n) is 20.3. The molecule has 2 aliphatic heterocycles. The number of carboxylic acid groups (broad SMARTS) is 2. The quantitative estimate of drug-likeness (QED) is 0.452. The first-order valence-corrected chi connectivity index (χ1v) is 12.2. The normalized spacial score (nSPS) is 20.0. The van der Waals surface area contributed by atoms with Crippen molar-refractivity contribution < 1.29 is 34.1 Å². The Kier molecular flexibility index (Phi) is 7.79. The summed E-state index contributed by atoms with van der Waals surface area (Å²) in [6.45, 7) is 0.765. The molecule has 0 unspecified atom stereocenters. The Morgan fingerprint density at radius 3 is 2.19 bits per heavy atom. The highest BCUT2D eigenvalue weighted by atomic mass is 16.5. The second-order valence-corrected chi connectivity index (χ2v) is 9.50. The molecule has 0 bridgehead atoms. The maximum Gasteiger partial charge on any atom is 0.407 e. The van der Waals surface area contributed by atoms with E-state index in [9.17, 15) is 24.6 Å². The predicted molar refractivity (Wildman–Crippen MR) is 131 cm³/mol. The third kappa shape index (κ3) is 5.16. The molecule has 0 saturated carbocycles. The van der Waals surface area contributed by atoms with Gasteiger partial charge in [-0.3, -0.25) is 9.59 Å². The number of piperidine rings is 1. The minimum atomic E-state index is -1.22. The van der Waals surface area contributed by atoms with E-state index < -0.39 is 29.3 Å². The zero-order valence-corrected chi connectivity index (χ0v) is 20.3. The van der Waals surface area contributed by atoms with Crippen LogP contribution in [0.5, 0.6) is 11.5 Å². The highest BCUT2D eigenvalue weighted by Crippen LogP contribution is 2.50. The summed E-state index contributed by atoms with van der Waals surface area (Å²) in [5.74, 6) is -1.63. The van der Waals surface area contributed by atoms with E-state index in [1.807, 2.05) is 48.5 Å². The van der Waals surface area contributed by atoms with Crippen molar-refractivity contribution in [2.45, 2.75) is 31.1 Å². The highest BCUT2D eigenvalue weighted by molar-refractivity contribution is 5.82. The number of ether oxygens (including phenoxy) is 2. The van der Waals surface area contributed by atoms with Gasteiger partial charge in [0, 0.05) is 49.9 Å². The topological polar surface area (TPSA) is 125 Å². The lowest BCUT2D eigenvalue weighted by atomic mass is 9.69. The molecule has 0 spiro atoms. The Morgan fingerprint density at radius 1 is 1.00 bits per heavy atom.